The molecule has 0 spiro atoms. The second-order valence-corrected chi connectivity index (χ2v) is 31.1. The highest BCUT2D eigenvalue weighted by molar-refractivity contribution is 6.37. The van der Waals surface area contributed by atoms with E-state index in [1.807, 2.05) is 37.2 Å². The highest BCUT2D eigenvalue weighted by atomic mass is 15.1. The van der Waals surface area contributed by atoms with E-state index in [0.717, 1.165) is 12.2 Å². The first kappa shape index (κ1) is 63.1. The Kier molecular flexibility index (Phi) is 13.6. The van der Waals surface area contributed by atoms with E-state index < -0.39 is 0 Å². The molecule has 6 heteroatoms. The first-order chi connectivity index (χ1) is 54.7. The lowest BCUT2D eigenvalue weighted by molar-refractivity contribution is 0.423. The second-order valence-electron chi connectivity index (χ2n) is 31.1. The molecule has 0 atom stereocenters. The van der Waals surface area contributed by atoms with Crippen LogP contribution in [-0.2, 0) is 12.1 Å². The summed E-state index contributed by atoms with van der Waals surface area (Å²) >= 11 is 0. The van der Waals surface area contributed by atoms with Crippen LogP contribution in [0.4, 0.5) is 0 Å². The van der Waals surface area contributed by atoms with Gasteiger partial charge in [0.2, 0.25) is 0 Å². The maximum absolute atomic E-state index is 4.57. The molecule has 0 radical (unpaired) electrons. The number of hydrogen-bond acceptors (Lipinski definition) is 3. The van der Waals surface area contributed by atoms with Crippen LogP contribution in [-0.4, -0.2) is 28.7 Å². The number of aryl methyl sites for hydroxylation is 1. The molecule has 0 bridgehead atoms. The molecule has 25 aromatic rings. The van der Waals surface area contributed by atoms with E-state index in [1.54, 1.807) is 0 Å². The van der Waals surface area contributed by atoms with Crippen molar-refractivity contribution >= 4 is 195 Å². The predicted octanol–water partition coefficient (Wildman–Crippen LogP) is 28.5. The van der Waals surface area contributed by atoms with Crippen molar-refractivity contribution in [1.29, 1.82) is 0 Å². The van der Waals surface area contributed by atoms with Crippen LogP contribution in [0.3, 0.4) is 0 Å². The molecule has 0 fully saturated rings. The van der Waals surface area contributed by atoms with Crippen molar-refractivity contribution in [2.75, 3.05) is 0 Å². The summed E-state index contributed by atoms with van der Waals surface area (Å²) in [7, 11) is 0. The van der Waals surface area contributed by atoms with Crippen molar-refractivity contribution < 1.29 is 0 Å². The Morgan fingerprint density at radius 1 is 0.243 bits per heavy atom. The molecule has 0 aliphatic carbocycles. The highest BCUT2D eigenvalue weighted by Crippen LogP contribution is 2.50. The van der Waals surface area contributed by atoms with Gasteiger partial charge in [-0.15, -0.1) is 0 Å². The summed E-state index contributed by atoms with van der Waals surface area (Å²) < 4.78 is 7.28. The quantitative estimate of drug-likeness (QED) is 0.161. The van der Waals surface area contributed by atoms with E-state index in [-0.39, 0.29) is 5.54 Å². The van der Waals surface area contributed by atoms with E-state index in [0.29, 0.717) is 0 Å². The molecule has 19 aromatic carbocycles. The molecule has 111 heavy (non-hydrogen) atoms. The van der Waals surface area contributed by atoms with Gasteiger partial charge >= 0.3 is 0 Å². The molecule has 0 N–H and O–H groups in total. The SMILES string of the molecule is CC(C)(C)n1c2ccncc2c2c3ccc4ccc(-c5ccccc5)c5ccc(cc21)c3c45.CCn1c2ccncc2c2c3ccc4ccc(-c5ccc6ccccc6c5)c5ccc(cc21)c3c45.c1ccc(-n2c3ccncc3c3c4ccc5ccc(-c6cc7ccccc7c7ccccc67)c6ccc(cc32)c4c56)cc1. The van der Waals surface area contributed by atoms with Gasteiger partial charge in [-0.1, -0.05) is 243 Å². The van der Waals surface area contributed by atoms with E-state index in [1.165, 1.54) is 228 Å². The van der Waals surface area contributed by atoms with Crippen LogP contribution in [0.25, 0.3) is 234 Å². The predicted molar refractivity (Wildman–Crippen MR) is 474 cm³/mol. The zero-order chi connectivity index (χ0) is 73.5. The van der Waals surface area contributed by atoms with Crippen LogP contribution in [0.5, 0.6) is 0 Å². The Hall–Kier alpha value is -14.1. The molecule has 6 heterocycles. The Bertz CT molecular complexity index is 8160. The van der Waals surface area contributed by atoms with Crippen LogP contribution in [0, 0.1) is 0 Å². The van der Waals surface area contributed by atoms with E-state index in [9.17, 15) is 0 Å². The lowest BCUT2D eigenvalue weighted by Crippen LogP contribution is -2.21. The number of aromatic nitrogens is 6. The Balaban J connectivity index is 0.000000101. The molecule has 0 saturated heterocycles. The average Bonchev–Trinajstić information content (AvgIpc) is 1.64. The number of hydrogen-bond donors (Lipinski definition) is 0. The van der Waals surface area contributed by atoms with Crippen molar-refractivity contribution in [1.82, 2.24) is 28.7 Å². The summed E-state index contributed by atoms with van der Waals surface area (Å²) in [5, 5.41) is 38.8. The highest BCUT2D eigenvalue weighted by Gasteiger charge is 2.27. The van der Waals surface area contributed by atoms with Gasteiger partial charge in [0.25, 0.3) is 0 Å². The van der Waals surface area contributed by atoms with Crippen molar-refractivity contribution in [2.45, 2.75) is 39.8 Å². The number of nitrogens with zero attached hydrogens (tertiary/aromatic N) is 6. The molecule has 0 saturated carbocycles. The van der Waals surface area contributed by atoms with Crippen molar-refractivity contribution in [3.63, 3.8) is 0 Å². The molecule has 0 aliphatic heterocycles. The summed E-state index contributed by atoms with van der Waals surface area (Å²) in [6.45, 7) is 10.00. The summed E-state index contributed by atoms with van der Waals surface area (Å²) in [5.74, 6) is 0. The molecule has 0 aliphatic rings. The van der Waals surface area contributed by atoms with Gasteiger partial charge in [-0.2, -0.15) is 0 Å². The van der Waals surface area contributed by atoms with Crippen LogP contribution in [0.15, 0.2) is 340 Å². The maximum Gasteiger partial charge on any atom is 0.0572 e. The third kappa shape index (κ3) is 9.28. The number of fused-ring (bicyclic) bond motifs is 16. The van der Waals surface area contributed by atoms with Crippen LogP contribution >= 0.6 is 0 Å². The fourth-order valence-corrected chi connectivity index (χ4v) is 19.7. The second kappa shape index (κ2) is 24.0. The number of pyridine rings is 3. The number of para-hydroxylation sites is 1. The van der Waals surface area contributed by atoms with E-state index in [4.69, 9.17) is 0 Å². The van der Waals surface area contributed by atoms with Crippen molar-refractivity contribution in [3.8, 4) is 39.1 Å². The summed E-state index contributed by atoms with van der Waals surface area (Å²) in [4.78, 5) is 13.6. The third-order valence-corrected chi connectivity index (χ3v) is 24.2. The summed E-state index contributed by atoms with van der Waals surface area (Å²) in [6, 6.07) is 112. The van der Waals surface area contributed by atoms with E-state index >= 15 is 0 Å². The standard InChI is InChI=1S/C41H24N2.C33H22N2.C31H24N2/c1-2-9-28(10-3-1)43-37-20-21-42-24-36(37)41-34-19-15-25-14-17-32(33-18-16-27(23-38(41)43)40(34)39(25)33)35-22-26-8-4-5-11-29(26)30-12-6-7-13-31(30)35;1-2-35-29-15-16-34-19-28(29)33-27-14-10-21-9-12-25(23-8-7-20-5-3-4-6-22(20)17-23)26-13-11-24(18-30(33)35)32(27)31(21)26;1-31(2,3)33-26-15-16-32-18-25(26)30-24-14-10-20-9-12-22(19-7-5-4-6-8-19)23-13-11-21(17-27(30)33)29(24)28(20)23/h1-24H;3-19H,2H2,1H3;4-18H,1-3H3. The molecule has 6 nitrogen and oxygen atoms in total. The van der Waals surface area contributed by atoms with Gasteiger partial charge in [0.15, 0.2) is 0 Å². The van der Waals surface area contributed by atoms with Crippen LogP contribution in [0.1, 0.15) is 27.7 Å². The normalized spacial score (nSPS) is 12.4. The Morgan fingerprint density at radius 2 is 0.667 bits per heavy atom. The van der Waals surface area contributed by atoms with Crippen molar-refractivity contribution in [3.05, 3.63) is 340 Å². The molecular weight excluding hydrogens is 1350 g/mol. The molecule has 6 aromatic heterocycles. The Labute approximate surface area is 638 Å². The zero-order valence-corrected chi connectivity index (χ0v) is 61.7. The summed E-state index contributed by atoms with van der Waals surface area (Å²) in [5.41, 5.74) is 16.2. The summed E-state index contributed by atoms with van der Waals surface area (Å²) in [6.07, 6.45) is 11.8. The number of rotatable bonds is 5. The molecule has 0 unspecified atom stereocenters. The van der Waals surface area contributed by atoms with Gasteiger partial charge in [-0.3, -0.25) is 15.0 Å². The van der Waals surface area contributed by atoms with Gasteiger partial charge < -0.3 is 13.7 Å². The molecule has 520 valence electrons. The smallest absolute Gasteiger partial charge is 0.0572 e. The topological polar surface area (TPSA) is 53.5 Å². The first-order valence-corrected chi connectivity index (χ1v) is 38.6. The fourth-order valence-electron chi connectivity index (χ4n) is 19.7. The van der Waals surface area contributed by atoms with Gasteiger partial charge in [-0.05, 0) is 251 Å². The van der Waals surface area contributed by atoms with Crippen LogP contribution < -0.4 is 0 Å². The molecule has 0 amide bonds. The minimum atomic E-state index is -0.0391. The van der Waals surface area contributed by atoms with Crippen molar-refractivity contribution in [2.24, 2.45) is 0 Å². The lowest BCUT2D eigenvalue weighted by Gasteiger charge is -2.24. The zero-order valence-electron chi connectivity index (χ0n) is 61.7. The fraction of sp³-hybridized carbons (Fsp3) is 0.0571. The van der Waals surface area contributed by atoms with Gasteiger partial charge in [-0.25, -0.2) is 0 Å². The minimum Gasteiger partial charge on any atom is -0.341 e. The van der Waals surface area contributed by atoms with Gasteiger partial charge in [0.1, 0.15) is 0 Å². The van der Waals surface area contributed by atoms with Gasteiger partial charge in [0.05, 0.1) is 33.1 Å². The minimum absolute atomic E-state index is 0.0391. The Morgan fingerprint density at radius 3 is 1.28 bits per heavy atom. The monoisotopic (exact) mass is 1410 g/mol. The lowest BCUT2D eigenvalue weighted by atomic mass is 9.86. The number of benzene rings is 19. The average molecular weight is 1420 g/mol. The van der Waals surface area contributed by atoms with Gasteiger partial charge in [0, 0.05) is 87.3 Å². The molecular formula is C105H70N6. The first-order valence-electron chi connectivity index (χ1n) is 38.6. The maximum atomic E-state index is 4.57. The van der Waals surface area contributed by atoms with Crippen LogP contribution in [0.2, 0.25) is 0 Å². The largest absolute Gasteiger partial charge is 0.341 e. The van der Waals surface area contributed by atoms with E-state index in [2.05, 4.69) is 360 Å². The molecule has 25 rings (SSSR count). The third-order valence-electron chi connectivity index (χ3n) is 24.2.